The third-order valence-electron chi connectivity index (χ3n) is 2.35. The van der Waals surface area contributed by atoms with E-state index in [0.29, 0.717) is 5.56 Å². The molecule has 0 amide bonds. The van der Waals surface area contributed by atoms with Gasteiger partial charge < -0.3 is 9.84 Å². The van der Waals surface area contributed by atoms with Crippen LogP contribution in [0.25, 0.3) is 0 Å². The molecule has 0 atom stereocenters. The van der Waals surface area contributed by atoms with E-state index >= 15 is 0 Å². The summed E-state index contributed by atoms with van der Waals surface area (Å²) in [6, 6.07) is 8.34. The summed E-state index contributed by atoms with van der Waals surface area (Å²) in [7, 11) is 0. The maximum atomic E-state index is 13.4. The Kier molecular flexibility index (Phi) is 3.79. The van der Waals surface area contributed by atoms with E-state index < -0.39 is 11.6 Å². The van der Waals surface area contributed by atoms with Crippen LogP contribution in [0.2, 0.25) is 5.02 Å². The Hall–Kier alpha value is -1.65. The van der Waals surface area contributed by atoms with E-state index in [2.05, 4.69) is 0 Å². The Morgan fingerprint density at radius 2 is 1.83 bits per heavy atom. The van der Waals surface area contributed by atoms with Gasteiger partial charge in [-0.25, -0.2) is 4.39 Å². The van der Waals surface area contributed by atoms with Crippen molar-refractivity contribution in [1.29, 1.82) is 0 Å². The Morgan fingerprint density at radius 1 is 1.11 bits per heavy atom. The quantitative estimate of drug-likeness (QED) is 0.916. The smallest absolute Gasteiger partial charge is 0.201 e. The standard InChI is InChI=1S/C13H9ClF2O2/c14-9-4-1-3-8(7-17)13(9)18-11-6-2-5-10(15)12(11)16/h1-6,17H,7H2. The van der Waals surface area contributed by atoms with Crippen LogP contribution in [0.4, 0.5) is 8.78 Å². The van der Waals surface area contributed by atoms with Gasteiger partial charge in [0.05, 0.1) is 11.6 Å². The van der Waals surface area contributed by atoms with Gasteiger partial charge in [-0.05, 0) is 18.2 Å². The number of halogens is 3. The number of hydrogen-bond acceptors (Lipinski definition) is 2. The number of benzene rings is 2. The topological polar surface area (TPSA) is 29.5 Å². The highest BCUT2D eigenvalue weighted by Crippen LogP contribution is 2.34. The van der Waals surface area contributed by atoms with E-state index in [1.54, 1.807) is 12.1 Å². The van der Waals surface area contributed by atoms with Gasteiger partial charge in [-0.1, -0.05) is 29.8 Å². The van der Waals surface area contributed by atoms with Crippen molar-refractivity contribution < 1.29 is 18.6 Å². The van der Waals surface area contributed by atoms with E-state index in [1.807, 2.05) is 0 Å². The molecular weight excluding hydrogens is 262 g/mol. The molecule has 0 fully saturated rings. The van der Waals surface area contributed by atoms with Gasteiger partial charge in [0.25, 0.3) is 0 Å². The number of ether oxygens (including phenoxy) is 1. The molecule has 2 nitrogen and oxygen atoms in total. The summed E-state index contributed by atoms with van der Waals surface area (Å²) in [6.45, 7) is -0.313. The van der Waals surface area contributed by atoms with Gasteiger partial charge in [-0.3, -0.25) is 0 Å². The van der Waals surface area contributed by atoms with Crippen LogP contribution in [0, 0.1) is 11.6 Å². The maximum Gasteiger partial charge on any atom is 0.201 e. The highest BCUT2D eigenvalue weighted by molar-refractivity contribution is 6.32. The largest absolute Gasteiger partial charge is 0.452 e. The number of hydrogen-bond donors (Lipinski definition) is 1. The first-order valence-corrected chi connectivity index (χ1v) is 5.51. The second kappa shape index (κ2) is 5.33. The number of aliphatic hydroxyl groups is 1. The van der Waals surface area contributed by atoms with Crippen LogP contribution in [0.1, 0.15) is 5.56 Å². The molecule has 0 radical (unpaired) electrons. The zero-order valence-corrected chi connectivity index (χ0v) is 9.92. The number of aliphatic hydroxyl groups excluding tert-OH is 1. The van der Waals surface area contributed by atoms with Crippen molar-refractivity contribution in [3.63, 3.8) is 0 Å². The number of para-hydroxylation sites is 1. The van der Waals surface area contributed by atoms with Crippen LogP contribution >= 0.6 is 11.6 Å². The Labute approximate surface area is 107 Å². The molecule has 1 N–H and O–H groups in total. The average Bonchev–Trinajstić information content (AvgIpc) is 2.37. The van der Waals surface area contributed by atoms with Crippen molar-refractivity contribution in [2.45, 2.75) is 6.61 Å². The molecule has 0 unspecified atom stereocenters. The van der Waals surface area contributed by atoms with Crippen LogP contribution in [0.5, 0.6) is 11.5 Å². The first-order chi connectivity index (χ1) is 8.63. The van der Waals surface area contributed by atoms with Gasteiger partial charge in [0, 0.05) is 5.56 Å². The lowest BCUT2D eigenvalue weighted by atomic mass is 10.2. The molecule has 5 heteroatoms. The maximum absolute atomic E-state index is 13.4. The van der Waals surface area contributed by atoms with Crippen LogP contribution in [0.3, 0.4) is 0 Å². The van der Waals surface area contributed by atoms with Gasteiger partial charge in [0.2, 0.25) is 5.82 Å². The molecule has 0 saturated carbocycles. The molecule has 2 aromatic rings. The molecule has 0 bridgehead atoms. The van der Waals surface area contributed by atoms with E-state index in [-0.39, 0.29) is 23.1 Å². The minimum atomic E-state index is -1.10. The summed E-state index contributed by atoms with van der Waals surface area (Å²) in [5.41, 5.74) is 0.395. The molecule has 94 valence electrons. The molecule has 0 aliphatic carbocycles. The van der Waals surface area contributed by atoms with Crippen LogP contribution < -0.4 is 4.74 Å². The molecule has 0 heterocycles. The first-order valence-electron chi connectivity index (χ1n) is 5.13. The predicted molar refractivity (Wildman–Crippen MR) is 63.8 cm³/mol. The molecule has 2 aromatic carbocycles. The van der Waals surface area contributed by atoms with E-state index in [4.69, 9.17) is 21.4 Å². The Bertz CT molecular complexity index is 573. The van der Waals surface area contributed by atoms with Gasteiger partial charge >= 0.3 is 0 Å². The third kappa shape index (κ3) is 2.44. The SMILES string of the molecule is OCc1cccc(Cl)c1Oc1cccc(F)c1F. The second-order valence-electron chi connectivity index (χ2n) is 3.54. The van der Waals surface area contributed by atoms with Crippen molar-refractivity contribution in [2.75, 3.05) is 0 Å². The molecule has 0 aliphatic rings. The monoisotopic (exact) mass is 270 g/mol. The van der Waals surface area contributed by atoms with E-state index in [9.17, 15) is 8.78 Å². The highest BCUT2D eigenvalue weighted by Gasteiger charge is 2.14. The predicted octanol–water partition coefficient (Wildman–Crippen LogP) is 3.90. The lowest BCUT2D eigenvalue weighted by Crippen LogP contribution is -1.96. The summed E-state index contributed by atoms with van der Waals surface area (Å²) in [5, 5.41) is 9.35. The molecule has 18 heavy (non-hydrogen) atoms. The third-order valence-corrected chi connectivity index (χ3v) is 2.64. The van der Waals surface area contributed by atoms with Crippen molar-refractivity contribution in [2.24, 2.45) is 0 Å². The fourth-order valence-electron chi connectivity index (χ4n) is 1.47. The Morgan fingerprint density at radius 3 is 2.56 bits per heavy atom. The molecule has 2 rings (SSSR count). The molecule has 0 aliphatic heterocycles. The lowest BCUT2D eigenvalue weighted by molar-refractivity contribution is 0.275. The van der Waals surface area contributed by atoms with Crippen molar-refractivity contribution in [3.8, 4) is 11.5 Å². The van der Waals surface area contributed by atoms with Crippen molar-refractivity contribution in [1.82, 2.24) is 0 Å². The normalized spacial score (nSPS) is 10.4. The fourth-order valence-corrected chi connectivity index (χ4v) is 1.70. The molecule has 0 saturated heterocycles. The second-order valence-corrected chi connectivity index (χ2v) is 3.95. The first kappa shape index (κ1) is 12.8. The van der Waals surface area contributed by atoms with Gasteiger partial charge in [-0.15, -0.1) is 0 Å². The zero-order valence-electron chi connectivity index (χ0n) is 9.16. The van der Waals surface area contributed by atoms with E-state index in [1.165, 1.54) is 18.2 Å². The van der Waals surface area contributed by atoms with Gasteiger partial charge in [0.1, 0.15) is 0 Å². The molecule has 0 aromatic heterocycles. The lowest BCUT2D eigenvalue weighted by Gasteiger charge is -2.12. The van der Waals surface area contributed by atoms with Gasteiger partial charge in [0.15, 0.2) is 17.3 Å². The Balaban J connectivity index is 2.43. The van der Waals surface area contributed by atoms with E-state index in [0.717, 1.165) is 6.07 Å². The summed E-state index contributed by atoms with van der Waals surface area (Å²) < 4.78 is 31.7. The van der Waals surface area contributed by atoms with Crippen LogP contribution in [-0.2, 0) is 6.61 Å². The number of rotatable bonds is 3. The summed E-state index contributed by atoms with van der Waals surface area (Å²) in [6.07, 6.45) is 0. The zero-order chi connectivity index (χ0) is 13.1. The molecule has 0 spiro atoms. The van der Waals surface area contributed by atoms with Crippen molar-refractivity contribution >= 4 is 11.6 Å². The average molecular weight is 271 g/mol. The summed E-state index contributed by atoms with van der Waals surface area (Å²) in [4.78, 5) is 0. The fraction of sp³-hybridized carbons (Fsp3) is 0.0769. The highest BCUT2D eigenvalue weighted by atomic mass is 35.5. The summed E-state index contributed by atoms with van der Waals surface area (Å²) in [5.74, 6) is -2.27. The molecular formula is C13H9ClF2O2. The minimum Gasteiger partial charge on any atom is -0.452 e. The summed E-state index contributed by atoms with van der Waals surface area (Å²) >= 11 is 5.90. The minimum absolute atomic E-state index is 0.117. The van der Waals surface area contributed by atoms with Crippen LogP contribution in [-0.4, -0.2) is 5.11 Å². The van der Waals surface area contributed by atoms with Crippen LogP contribution in [0.15, 0.2) is 36.4 Å². The van der Waals surface area contributed by atoms with Gasteiger partial charge in [-0.2, -0.15) is 4.39 Å². The van der Waals surface area contributed by atoms with Crippen molar-refractivity contribution in [3.05, 3.63) is 58.6 Å².